The van der Waals surface area contributed by atoms with E-state index in [0.717, 1.165) is 10.6 Å². The van der Waals surface area contributed by atoms with Crippen LogP contribution in [0.5, 0.6) is 0 Å². The fourth-order valence-electron chi connectivity index (χ4n) is 1.98. The molecule has 1 aliphatic rings. The molecule has 1 aliphatic heterocycles. The van der Waals surface area contributed by atoms with Crippen molar-refractivity contribution in [3.63, 3.8) is 0 Å². The van der Waals surface area contributed by atoms with Crippen LogP contribution >= 0.6 is 7.37 Å². The van der Waals surface area contributed by atoms with E-state index in [9.17, 15) is 4.57 Å². The van der Waals surface area contributed by atoms with Crippen LogP contribution in [0.4, 0.5) is 0 Å². The molecule has 1 unspecified atom stereocenters. The van der Waals surface area contributed by atoms with Crippen molar-refractivity contribution in [2.45, 2.75) is 12.5 Å². The molecular weight excluding hydrogens is 271 g/mol. The van der Waals surface area contributed by atoms with E-state index in [1.807, 2.05) is 67.6 Å². The Kier molecular flexibility index (Phi) is 3.51. The van der Waals surface area contributed by atoms with Crippen molar-refractivity contribution >= 4 is 18.0 Å². The van der Waals surface area contributed by atoms with Gasteiger partial charge in [0.05, 0.1) is 13.2 Å². The molecule has 0 bridgehead atoms. The molecule has 1 fully saturated rings. The lowest BCUT2D eigenvalue weighted by atomic mass is 10.2. The summed E-state index contributed by atoms with van der Waals surface area (Å²) in [6.45, 7) is 2.97. The Hall–Kier alpha value is -1.41. The van der Waals surface area contributed by atoms with Gasteiger partial charge in [0.25, 0.3) is 7.37 Å². The fourth-order valence-corrected chi connectivity index (χ4v) is 4.16. The zero-order valence-electron chi connectivity index (χ0n) is 11.4. The molecule has 0 aromatic heterocycles. The Morgan fingerprint density at radius 3 is 1.90 bits per heavy atom. The molecular formula is C16H17O3P. The van der Waals surface area contributed by atoms with E-state index < -0.39 is 7.37 Å². The van der Waals surface area contributed by atoms with Crippen molar-refractivity contribution in [3.8, 4) is 0 Å². The Morgan fingerprint density at radius 2 is 1.50 bits per heavy atom. The van der Waals surface area contributed by atoms with Crippen LogP contribution in [0.25, 0.3) is 0 Å². The third-order valence-corrected chi connectivity index (χ3v) is 5.83. The van der Waals surface area contributed by atoms with Gasteiger partial charge in [-0.2, -0.15) is 0 Å². The fraction of sp³-hybridized carbons (Fsp3) is 0.250. The van der Waals surface area contributed by atoms with Crippen molar-refractivity contribution in [1.29, 1.82) is 0 Å². The number of ether oxygens (including phenoxy) is 1. The molecule has 1 atom stereocenters. The molecule has 0 spiro atoms. The van der Waals surface area contributed by atoms with Gasteiger partial charge in [0, 0.05) is 10.6 Å². The van der Waals surface area contributed by atoms with E-state index in [2.05, 4.69) is 0 Å². The monoisotopic (exact) mass is 288 g/mol. The minimum Gasteiger partial charge on any atom is -0.367 e. The molecule has 3 rings (SSSR count). The van der Waals surface area contributed by atoms with Gasteiger partial charge in [-0.15, -0.1) is 0 Å². The van der Waals surface area contributed by atoms with Crippen molar-refractivity contribution in [2.75, 3.05) is 13.2 Å². The Labute approximate surface area is 119 Å². The Balaban J connectivity index is 1.96. The van der Waals surface area contributed by atoms with E-state index in [1.54, 1.807) is 0 Å². The summed E-state index contributed by atoms with van der Waals surface area (Å²) in [5.74, 6) is 0. The SMILES string of the molecule is CC1(COP(=O)(c2ccccc2)c2ccccc2)CO1. The minimum absolute atomic E-state index is 0.279. The average molecular weight is 288 g/mol. The third-order valence-electron chi connectivity index (χ3n) is 3.38. The molecule has 1 heterocycles. The van der Waals surface area contributed by atoms with Crippen LogP contribution < -0.4 is 10.6 Å². The van der Waals surface area contributed by atoms with E-state index in [4.69, 9.17) is 9.26 Å². The normalized spacial score (nSPS) is 21.6. The average Bonchev–Trinajstić information content (AvgIpc) is 3.25. The molecule has 20 heavy (non-hydrogen) atoms. The van der Waals surface area contributed by atoms with Gasteiger partial charge in [-0.3, -0.25) is 4.57 Å². The third kappa shape index (κ3) is 2.71. The molecule has 0 amide bonds. The molecule has 0 aliphatic carbocycles. The van der Waals surface area contributed by atoms with Crippen LogP contribution in [-0.2, 0) is 13.8 Å². The zero-order valence-corrected chi connectivity index (χ0v) is 12.3. The van der Waals surface area contributed by atoms with Gasteiger partial charge in [0.1, 0.15) is 5.60 Å². The lowest BCUT2D eigenvalue weighted by molar-refractivity contribution is 0.209. The first-order chi connectivity index (χ1) is 9.62. The number of hydrogen-bond acceptors (Lipinski definition) is 3. The Bertz CT molecular complexity index is 577. The molecule has 0 saturated carbocycles. The summed E-state index contributed by atoms with van der Waals surface area (Å²) in [5.41, 5.74) is -0.279. The van der Waals surface area contributed by atoms with Crippen LogP contribution in [0.2, 0.25) is 0 Å². The molecule has 3 nitrogen and oxygen atoms in total. The Morgan fingerprint density at radius 1 is 1.05 bits per heavy atom. The van der Waals surface area contributed by atoms with E-state index in [1.165, 1.54) is 0 Å². The summed E-state index contributed by atoms with van der Waals surface area (Å²) < 4.78 is 24.6. The van der Waals surface area contributed by atoms with Gasteiger partial charge in [-0.05, 0) is 31.2 Å². The van der Waals surface area contributed by atoms with Crippen LogP contribution in [0.3, 0.4) is 0 Å². The lowest BCUT2D eigenvalue weighted by Gasteiger charge is -2.20. The summed E-state index contributed by atoms with van der Waals surface area (Å²) in [6, 6.07) is 18.7. The summed E-state index contributed by atoms with van der Waals surface area (Å²) in [5, 5.41) is 1.44. The summed E-state index contributed by atoms with van der Waals surface area (Å²) in [7, 11) is -3.06. The number of hydrogen-bond donors (Lipinski definition) is 0. The summed E-state index contributed by atoms with van der Waals surface area (Å²) >= 11 is 0. The maximum atomic E-state index is 13.4. The predicted octanol–water partition coefficient (Wildman–Crippen LogP) is 2.72. The molecule has 104 valence electrons. The van der Waals surface area contributed by atoms with Crippen LogP contribution in [0, 0.1) is 0 Å². The quantitative estimate of drug-likeness (QED) is 0.627. The first-order valence-corrected chi connectivity index (χ1v) is 8.25. The van der Waals surface area contributed by atoms with Gasteiger partial charge >= 0.3 is 0 Å². The van der Waals surface area contributed by atoms with Gasteiger partial charge in [-0.25, -0.2) is 0 Å². The zero-order chi connectivity index (χ0) is 14.1. The number of rotatable bonds is 5. The highest BCUT2D eigenvalue weighted by Gasteiger charge is 2.42. The van der Waals surface area contributed by atoms with Crippen LogP contribution in [0.1, 0.15) is 6.92 Å². The summed E-state index contributed by atoms with van der Waals surface area (Å²) in [6.07, 6.45) is 0. The first kappa shape index (κ1) is 13.6. The van der Waals surface area contributed by atoms with Crippen LogP contribution in [0.15, 0.2) is 60.7 Å². The second-order valence-corrected chi connectivity index (χ2v) is 7.63. The van der Waals surface area contributed by atoms with Gasteiger partial charge < -0.3 is 9.26 Å². The molecule has 4 heteroatoms. The highest BCUT2D eigenvalue weighted by molar-refractivity contribution is 7.74. The molecule has 1 saturated heterocycles. The van der Waals surface area contributed by atoms with Gasteiger partial charge in [0.2, 0.25) is 0 Å². The number of epoxide rings is 1. The van der Waals surface area contributed by atoms with Crippen LogP contribution in [-0.4, -0.2) is 18.8 Å². The smallest absolute Gasteiger partial charge is 0.261 e. The van der Waals surface area contributed by atoms with Crippen molar-refractivity contribution in [1.82, 2.24) is 0 Å². The molecule has 0 radical (unpaired) electrons. The molecule has 2 aromatic rings. The topological polar surface area (TPSA) is 38.8 Å². The van der Waals surface area contributed by atoms with Crippen molar-refractivity contribution in [3.05, 3.63) is 60.7 Å². The number of benzene rings is 2. The predicted molar refractivity (Wildman–Crippen MR) is 80.1 cm³/mol. The molecule has 0 N–H and O–H groups in total. The van der Waals surface area contributed by atoms with E-state index in [0.29, 0.717) is 13.2 Å². The van der Waals surface area contributed by atoms with E-state index in [-0.39, 0.29) is 5.60 Å². The second-order valence-electron chi connectivity index (χ2n) is 5.23. The highest BCUT2D eigenvalue weighted by atomic mass is 31.2. The summed E-state index contributed by atoms with van der Waals surface area (Å²) in [4.78, 5) is 0. The minimum atomic E-state index is -3.06. The van der Waals surface area contributed by atoms with Gasteiger partial charge in [0.15, 0.2) is 0 Å². The standard InChI is InChI=1S/C16H17O3P/c1-16(12-18-16)13-19-20(17,14-8-4-2-5-9-14)15-10-6-3-7-11-15/h2-11H,12-13H2,1H3. The first-order valence-electron chi connectivity index (χ1n) is 6.62. The molecule has 2 aromatic carbocycles. The highest BCUT2D eigenvalue weighted by Crippen LogP contribution is 2.46. The maximum Gasteiger partial charge on any atom is 0.261 e. The van der Waals surface area contributed by atoms with Gasteiger partial charge in [-0.1, -0.05) is 36.4 Å². The van der Waals surface area contributed by atoms with Crippen molar-refractivity contribution < 1.29 is 13.8 Å². The van der Waals surface area contributed by atoms with Crippen molar-refractivity contribution in [2.24, 2.45) is 0 Å². The largest absolute Gasteiger partial charge is 0.367 e. The lowest BCUT2D eigenvalue weighted by Crippen LogP contribution is -2.22. The van der Waals surface area contributed by atoms with E-state index >= 15 is 0 Å². The second kappa shape index (κ2) is 5.17. The maximum absolute atomic E-state index is 13.4.